The van der Waals surface area contributed by atoms with Crippen molar-refractivity contribution in [1.29, 1.82) is 0 Å². The van der Waals surface area contributed by atoms with Crippen LogP contribution >= 0.6 is 11.6 Å². The predicted molar refractivity (Wildman–Crippen MR) is 82.4 cm³/mol. The van der Waals surface area contributed by atoms with Crippen LogP contribution < -0.4 is 0 Å². The lowest BCUT2D eigenvalue weighted by Crippen LogP contribution is -2.60. The number of rotatable bonds is 3. The van der Waals surface area contributed by atoms with E-state index in [-0.39, 0.29) is 29.5 Å². The Labute approximate surface area is 132 Å². The fraction of sp³-hybridized carbons (Fsp3) is 0.875. The number of aliphatic hydroxyl groups is 1. The Hall–Kier alpha value is -0.130. The Morgan fingerprint density at radius 1 is 1.38 bits per heavy atom. The second-order valence-electron chi connectivity index (χ2n) is 7.00. The van der Waals surface area contributed by atoms with Gasteiger partial charge in [0, 0.05) is 18.5 Å². The van der Waals surface area contributed by atoms with Gasteiger partial charge in [-0.1, -0.05) is 25.5 Å². The number of unbranched alkanes of at least 4 members (excludes halogenated alkanes) is 1. The maximum atomic E-state index is 10.8. The van der Waals surface area contributed by atoms with Crippen LogP contribution in [0.5, 0.6) is 0 Å². The van der Waals surface area contributed by atoms with Gasteiger partial charge in [0.15, 0.2) is 5.79 Å². The van der Waals surface area contributed by atoms with Crippen molar-refractivity contribution < 1.29 is 14.6 Å². The number of nitrogens with zero attached hydrogens (tertiary/aromatic N) is 1. The molecule has 5 heteroatoms. The summed E-state index contributed by atoms with van der Waals surface area (Å²) in [6, 6.07) is 0.00491. The molecule has 3 rings (SSSR count). The summed E-state index contributed by atoms with van der Waals surface area (Å²) in [5.41, 5.74) is 1.11. The summed E-state index contributed by atoms with van der Waals surface area (Å²) < 4.78 is 11.9. The van der Waals surface area contributed by atoms with Crippen LogP contribution in [-0.2, 0) is 9.47 Å². The zero-order chi connectivity index (χ0) is 15.4. The van der Waals surface area contributed by atoms with E-state index in [1.54, 1.807) is 0 Å². The molecule has 0 aromatic heterocycles. The van der Waals surface area contributed by atoms with Crippen molar-refractivity contribution in [3.05, 3.63) is 12.2 Å². The summed E-state index contributed by atoms with van der Waals surface area (Å²) in [6.07, 6.45) is 1.07. The largest absolute Gasteiger partial charge is 0.389 e. The van der Waals surface area contributed by atoms with E-state index in [0.29, 0.717) is 0 Å². The third-order valence-electron chi connectivity index (χ3n) is 4.97. The van der Waals surface area contributed by atoms with Crippen LogP contribution in [0.15, 0.2) is 12.2 Å². The van der Waals surface area contributed by atoms with Crippen molar-refractivity contribution >= 4 is 11.6 Å². The summed E-state index contributed by atoms with van der Waals surface area (Å²) in [5, 5.41) is 10.7. The van der Waals surface area contributed by atoms with Crippen LogP contribution in [-0.4, -0.2) is 58.6 Å². The van der Waals surface area contributed by atoms with Gasteiger partial charge >= 0.3 is 0 Å². The quantitative estimate of drug-likeness (QED) is 0.640. The summed E-state index contributed by atoms with van der Waals surface area (Å²) in [4.78, 5) is 2.32. The van der Waals surface area contributed by atoms with E-state index >= 15 is 0 Å². The molecule has 3 fully saturated rings. The maximum absolute atomic E-state index is 10.8. The second kappa shape index (κ2) is 5.50. The Morgan fingerprint density at radius 3 is 2.71 bits per heavy atom. The van der Waals surface area contributed by atoms with Gasteiger partial charge in [0.25, 0.3) is 0 Å². The van der Waals surface area contributed by atoms with E-state index < -0.39 is 11.9 Å². The zero-order valence-corrected chi connectivity index (χ0v) is 13.8. The van der Waals surface area contributed by atoms with E-state index in [1.165, 1.54) is 0 Å². The topological polar surface area (TPSA) is 41.9 Å². The number of hydrogen-bond donors (Lipinski definition) is 1. The molecule has 0 unspecified atom stereocenters. The Bertz CT molecular complexity index is 428. The molecule has 0 aromatic rings. The SMILES string of the molecule is C=C1CN(CCCC)[C@@H]2[C@@H](O)[C@@H]3OC(C)(C)O[C@@H]3[C@@H](Cl)[C@H]12. The molecule has 0 radical (unpaired) electrons. The van der Waals surface area contributed by atoms with Crippen molar-refractivity contribution in [2.45, 2.75) is 69.1 Å². The van der Waals surface area contributed by atoms with Crippen molar-refractivity contribution in [1.82, 2.24) is 4.90 Å². The molecule has 4 nitrogen and oxygen atoms in total. The number of fused-ring (bicyclic) bond motifs is 2. The summed E-state index contributed by atoms with van der Waals surface area (Å²) in [7, 11) is 0. The molecular weight excluding hydrogens is 290 g/mol. The number of halogens is 1. The zero-order valence-electron chi connectivity index (χ0n) is 13.1. The van der Waals surface area contributed by atoms with Gasteiger partial charge in [-0.15, -0.1) is 11.6 Å². The van der Waals surface area contributed by atoms with Gasteiger partial charge in [0.1, 0.15) is 12.2 Å². The van der Waals surface area contributed by atoms with Crippen LogP contribution in [0.2, 0.25) is 0 Å². The van der Waals surface area contributed by atoms with Crippen LogP contribution in [0.1, 0.15) is 33.6 Å². The fourth-order valence-electron chi connectivity index (χ4n) is 4.10. The van der Waals surface area contributed by atoms with Crippen LogP contribution in [0.25, 0.3) is 0 Å². The number of hydrogen-bond acceptors (Lipinski definition) is 4. The molecule has 3 aliphatic rings. The highest BCUT2D eigenvalue weighted by atomic mass is 35.5. The van der Waals surface area contributed by atoms with Gasteiger partial charge < -0.3 is 14.6 Å². The number of aliphatic hydroxyl groups excluding tert-OH is 1. The van der Waals surface area contributed by atoms with E-state index in [4.69, 9.17) is 21.1 Å². The molecule has 0 amide bonds. The number of likely N-dealkylation sites (tertiary alicyclic amines) is 1. The standard InChI is InChI=1S/C16H26ClNO3/c1-5-6-7-18-8-9(2)10-11(17)14-15(13(19)12(10)18)21-16(3,4)20-14/h10-15,19H,2,5-8H2,1,3-4H3/t10-,11-,12-,13+,14+,15-/m0/s1. The highest BCUT2D eigenvalue weighted by molar-refractivity contribution is 6.21. The smallest absolute Gasteiger partial charge is 0.163 e. The second-order valence-corrected chi connectivity index (χ2v) is 7.50. The van der Waals surface area contributed by atoms with E-state index in [2.05, 4.69) is 18.4 Å². The fourth-order valence-corrected chi connectivity index (χ4v) is 4.62. The van der Waals surface area contributed by atoms with Crippen LogP contribution in [0, 0.1) is 5.92 Å². The predicted octanol–water partition coefficient (Wildman–Crippen LogP) is 2.15. The number of ether oxygens (including phenoxy) is 2. The lowest BCUT2D eigenvalue weighted by molar-refractivity contribution is -0.156. The van der Waals surface area contributed by atoms with Crippen molar-refractivity contribution in [2.75, 3.05) is 13.1 Å². The molecule has 21 heavy (non-hydrogen) atoms. The first-order chi connectivity index (χ1) is 9.85. The van der Waals surface area contributed by atoms with Gasteiger partial charge in [-0.05, 0) is 26.8 Å². The first-order valence-corrected chi connectivity index (χ1v) is 8.39. The molecule has 0 bridgehead atoms. The average Bonchev–Trinajstić information content (AvgIpc) is 2.91. The van der Waals surface area contributed by atoms with Crippen molar-refractivity contribution in [2.24, 2.45) is 5.92 Å². The Balaban J connectivity index is 1.85. The molecule has 0 aromatic carbocycles. The minimum atomic E-state index is -0.683. The highest BCUT2D eigenvalue weighted by Crippen LogP contribution is 2.48. The minimum Gasteiger partial charge on any atom is -0.389 e. The summed E-state index contributed by atoms with van der Waals surface area (Å²) in [6.45, 7) is 11.9. The monoisotopic (exact) mass is 315 g/mol. The molecule has 1 N–H and O–H groups in total. The molecule has 0 spiro atoms. The average molecular weight is 316 g/mol. The molecular formula is C16H26ClNO3. The van der Waals surface area contributed by atoms with Gasteiger partial charge in [-0.2, -0.15) is 0 Å². The lowest BCUT2D eigenvalue weighted by atomic mass is 9.77. The molecule has 2 heterocycles. The minimum absolute atomic E-state index is 0.00491. The van der Waals surface area contributed by atoms with E-state index in [9.17, 15) is 5.11 Å². The van der Waals surface area contributed by atoms with Crippen LogP contribution in [0.3, 0.4) is 0 Å². The van der Waals surface area contributed by atoms with Crippen molar-refractivity contribution in [3.8, 4) is 0 Å². The Morgan fingerprint density at radius 2 is 2.05 bits per heavy atom. The molecule has 2 aliphatic heterocycles. The normalized spacial score (nSPS) is 45.7. The van der Waals surface area contributed by atoms with Gasteiger partial charge in [0.05, 0.1) is 11.5 Å². The van der Waals surface area contributed by atoms with Crippen LogP contribution in [0.4, 0.5) is 0 Å². The lowest BCUT2D eigenvalue weighted by Gasteiger charge is -2.43. The van der Waals surface area contributed by atoms with Gasteiger partial charge in [0.2, 0.25) is 0 Å². The molecule has 120 valence electrons. The van der Waals surface area contributed by atoms with Gasteiger partial charge in [-0.25, -0.2) is 0 Å². The number of alkyl halides is 1. The molecule has 1 aliphatic carbocycles. The third kappa shape index (κ3) is 2.55. The summed E-state index contributed by atoms with van der Waals surface area (Å²) >= 11 is 6.70. The van der Waals surface area contributed by atoms with Gasteiger partial charge in [-0.3, -0.25) is 4.90 Å². The summed E-state index contributed by atoms with van der Waals surface area (Å²) in [5.74, 6) is -0.602. The Kier molecular flexibility index (Phi) is 4.13. The third-order valence-corrected chi connectivity index (χ3v) is 5.49. The van der Waals surface area contributed by atoms with E-state index in [1.807, 2.05) is 13.8 Å². The molecule has 6 atom stereocenters. The molecule has 2 saturated heterocycles. The highest BCUT2D eigenvalue weighted by Gasteiger charge is 2.60. The first-order valence-electron chi connectivity index (χ1n) is 7.95. The first kappa shape index (κ1) is 15.8. The maximum Gasteiger partial charge on any atom is 0.163 e. The van der Waals surface area contributed by atoms with Crippen molar-refractivity contribution in [3.63, 3.8) is 0 Å². The van der Waals surface area contributed by atoms with E-state index in [0.717, 1.165) is 31.5 Å². The molecule has 1 saturated carbocycles.